The Bertz CT molecular complexity index is 293. The Labute approximate surface area is 91.1 Å². The SMILES string of the molecule is NCC1(CNCCc2ccncc2)CC1. The van der Waals surface area contributed by atoms with Crippen molar-refractivity contribution in [3.05, 3.63) is 30.1 Å². The normalized spacial score (nSPS) is 17.7. The lowest BCUT2D eigenvalue weighted by Crippen LogP contribution is -2.30. The van der Waals surface area contributed by atoms with Gasteiger partial charge in [-0.15, -0.1) is 0 Å². The van der Waals surface area contributed by atoms with Gasteiger partial charge in [0.15, 0.2) is 0 Å². The van der Waals surface area contributed by atoms with Gasteiger partial charge in [0.05, 0.1) is 0 Å². The van der Waals surface area contributed by atoms with Crippen LogP contribution in [0.3, 0.4) is 0 Å². The molecule has 1 fully saturated rings. The highest BCUT2D eigenvalue weighted by molar-refractivity contribution is 5.09. The van der Waals surface area contributed by atoms with E-state index in [0.717, 1.165) is 26.1 Å². The van der Waals surface area contributed by atoms with Crippen molar-refractivity contribution < 1.29 is 0 Å². The number of nitrogens with zero attached hydrogens (tertiary/aromatic N) is 1. The van der Waals surface area contributed by atoms with Crippen LogP contribution in [0.2, 0.25) is 0 Å². The molecule has 0 atom stereocenters. The van der Waals surface area contributed by atoms with E-state index >= 15 is 0 Å². The van der Waals surface area contributed by atoms with Crippen LogP contribution in [-0.4, -0.2) is 24.6 Å². The fraction of sp³-hybridized carbons (Fsp3) is 0.583. The van der Waals surface area contributed by atoms with Gasteiger partial charge in [-0.05, 0) is 55.5 Å². The molecule has 0 spiro atoms. The molecule has 0 radical (unpaired) electrons. The van der Waals surface area contributed by atoms with Gasteiger partial charge in [-0.3, -0.25) is 4.98 Å². The van der Waals surface area contributed by atoms with E-state index in [9.17, 15) is 0 Å². The summed E-state index contributed by atoms with van der Waals surface area (Å²) in [5, 5.41) is 3.49. The van der Waals surface area contributed by atoms with E-state index in [1.807, 2.05) is 12.4 Å². The minimum atomic E-state index is 0.443. The monoisotopic (exact) mass is 205 g/mol. The van der Waals surface area contributed by atoms with Crippen molar-refractivity contribution in [2.75, 3.05) is 19.6 Å². The minimum Gasteiger partial charge on any atom is -0.330 e. The second-order valence-electron chi connectivity index (χ2n) is 4.49. The summed E-state index contributed by atoms with van der Waals surface area (Å²) in [6.07, 6.45) is 7.36. The molecule has 1 aromatic heterocycles. The third kappa shape index (κ3) is 3.01. The maximum absolute atomic E-state index is 5.71. The van der Waals surface area contributed by atoms with Crippen LogP contribution in [0.5, 0.6) is 0 Å². The molecule has 2 rings (SSSR count). The number of aromatic nitrogens is 1. The van der Waals surface area contributed by atoms with Crippen LogP contribution in [0.15, 0.2) is 24.5 Å². The predicted molar refractivity (Wildman–Crippen MR) is 61.5 cm³/mol. The summed E-state index contributed by atoms with van der Waals surface area (Å²) in [4.78, 5) is 4.00. The molecule has 1 aliphatic carbocycles. The number of hydrogen-bond donors (Lipinski definition) is 2. The average molecular weight is 205 g/mol. The molecule has 15 heavy (non-hydrogen) atoms. The molecule has 1 saturated carbocycles. The first-order valence-corrected chi connectivity index (χ1v) is 5.64. The van der Waals surface area contributed by atoms with Gasteiger partial charge in [0.1, 0.15) is 0 Å². The van der Waals surface area contributed by atoms with E-state index < -0.39 is 0 Å². The van der Waals surface area contributed by atoms with Crippen molar-refractivity contribution >= 4 is 0 Å². The standard InChI is InChI=1S/C12H19N3/c13-9-12(4-5-12)10-15-8-3-11-1-6-14-7-2-11/h1-2,6-7,15H,3-5,8-10,13H2. The molecule has 3 N–H and O–H groups in total. The highest BCUT2D eigenvalue weighted by atomic mass is 14.9. The topological polar surface area (TPSA) is 50.9 Å². The number of pyridine rings is 1. The van der Waals surface area contributed by atoms with Crippen molar-refractivity contribution in [1.82, 2.24) is 10.3 Å². The lowest BCUT2D eigenvalue weighted by Gasteiger charge is -2.12. The number of rotatable bonds is 6. The van der Waals surface area contributed by atoms with Crippen LogP contribution in [0, 0.1) is 5.41 Å². The van der Waals surface area contributed by atoms with Crippen LogP contribution in [0.4, 0.5) is 0 Å². The van der Waals surface area contributed by atoms with Crippen LogP contribution in [0.25, 0.3) is 0 Å². The first-order chi connectivity index (χ1) is 7.35. The van der Waals surface area contributed by atoms with Gasteiger partial charge in [0.2, 0.25) is 0 Å². The summed E-state index contributed by atoms with van der Waals surface area (Å²) in [6, 6.07) is 4.13. The Morgan fingerprint density at radius 2 is 2.07 bits per heavy atom. The first-order valence-electron chi connectivity index (χ1n) is 5.64. The number of nitrogens with one attached hydrogen (secondary N) is 1. The Kier molecular flexibility index (Phi) is 3.34. The highest BCUT2D eigenvalue weighted by Gasteiger charge is 2.40. The molecular weight excluding hydrogens is 186 g/mol. The van der Waals surface area contributed by atoms with Gasteiger partial charge in [0.25, 0.3) is 0 Å². The Morgan fingerprint density at radius 1 is 1.33 bits per heavy atom. The van der Waals surface area contributed by atoms with E-state index in [2.05, 4.69) is 22.4 Å². The second-order valence-corrected chi connectivity index (χ2v) is 4.49. The lowest BCUT2D eigenvalue weighted by atomic mass is 10.1. The molecule has 3 heteroatoms. The summed E-state index contributed by atoms with van der Waals surface area (Å²) in [6.45, 7) is 2.94. The molecule has 0 saturated heterocycles. The van der Waals surface area contributed by atoms with E-state index in [-0.39, 0.29) is 0 Å². The largest absolute Gasteiger partial charge is 0.330 e. The van der Waals surface area contributed by atoms with Gasteiger partial charge in [0, 0.05) is 18.9 Å². The molecule has 1 aliphatic rings. The minimum absolute atomic E-state index is 0.443. The first kappa shape index (κ1) is 10.6. The Morgan fingerprint density at radius 3 is 2.67 bits per heavy atom. The molecule has 1 heterocycles. The molecule has 82 valence electrons. The second kappa shape index (κ2) is 4.73. The van der Waals surface area contributed by atoms with Gasteiger partial charge >= 0.3 is 0 Å². The van der Waals surface area contributed by atoms with Gasteiger partial charge in [-0.1, -0.05) is 0 Å². The maximum atomic E-state index is 5.71. The average Bonchev–Trinajstić information content (AvgIpc) is 3.07. The Balaban J connectivity index is 1.63. The summed E-state index contributed by atoms with van der Waals surface area (Å²) < 4.78 is 0. The molecule has 0 amide bonds. The van der Waals surface area contributed by atoms with Crippen molar-refractivity contribution in [3.63, 3.8) is 0 Å². The van der Waals surface area contributed by atoms with Gasteiger partial charge < -0.3 is 11.1 Å². The molecule has 3 nitrogen and oxygen atoms in total. The molecule has 0 aliphatic heterocycles. The summed E-state index contributed by atoms with van der Waals surface area (Å²) >= 11 is 0. The molecule has 1 aromatic rings. The van der Waals surface area contributed by atoms with Crippen LogP contribution in [-0.2, 0) is 6.42 Å². The fourth-order valence-corrected chi connectivity index (χ4v) is 1.77. The fourth-order valence-electron chi connectivity index (χ4n) is 1.77. The van der Waals surface area contributed by atoms with E-state index in [0.29, 0.717) is 5.41 Å². The van der Waals surface area contributed by atoms with Gasteiger partial charge in [-0.2, -0.15) is 0 Å². The summed E-state index contributed by atoms with van der Waals surface area (Å²) in [7, 11) is 0. The zero-order chi connectivity index (χ0) is 10.6. The Hall–Kier alpha value is -0.930. The number of hydrogen-bond acceptors (Lipinski definition) is 3. The van der Waals surface area contributed by atoms with E-state index in [4.69, 9.17) is 5.73 Å². The molecule has 0 bridgehead atoms. The quantitative estimate of drug-likeness (QED) is 0.680. The molecule has 0 aromatic carbocycles. The van der Waals surface area contributed by atoms with Crippen molar-refractivity contribution in [2.24, 2.45) is 11.1 Å². The van der Waals surface area contributed by atoms with Crippen molar-refractivity contribution in [2.45, 2.75) is 19.3 Å². The van der Waals surface area contributed by atoms with Crippen molar-refractivity contribution in [1.29, 1.82) is 0 Å². The highest BCUT2D eigenvalue weighted by Crippen LogP contribution is 2.43. The van der Waals surface area contributed by atoms with Gasteiger partial charge in [-0.25, -0.2) is 0 Å². The third-order valence-corrected chi connectivity index (χ3v) is 3.23. The number of nitrogens with two attached hydrogens (primary N) is 1. The third-order valence-electron chi connectivity index (χ3n) is 3.23. The summed E-state index contributed by atoms with van der Waals surface area (Å²) in [5.41, 5.74) is 7.50. The van der Waals surface area contributed by atoms with E-state index in [1.54, 1.807) is 0 Å². The predicted octanol–water partition coefficient (Wildman–Crippen LogP) is 0.953. The smallest absolute Gasteiger partial charge is 0.0270 e. The molecular formula is C12H19N3. The van der Waals surface area contributed by atoms with E-state index in [1.165, 1.54) is 18.4 Å². The summed E-state index contributed by atoms with van der Waals surface area (Å²) in [5.74, 6) is 0. The lowest BCUT2D eigenvalue weighted by molar-refractivity contribution is 0.470. The maximum Gasteiger partial charge on any atom is 0.0270 e. The zero-order valence-electron chi connectivity index (χ0n) is 9.08. The zero-order valence-corrected chi connectivity index (χ0v) is 9.08. The van der Waals surface area contributed by atoms with Crippen molar-refractivity contribution in [3.8, 4) is 0 Å². The van der Waals surface area contributed by atoms with Crippen LogP contribution in [0.1, 0.15) is 18.4 Å². The van der Waals surface area contributed by atoms with Crippen LogP contribution < -0.4 is 11.1 Å². The molecule has 0 unspecified atom stereocenters. The van der Waals surface area contributed by atoms with Crippen LogP contribution >= 0.6 is 0 Å².